The molecule has 0 amide bonds. The Labute approximate surface area is 352 Å². The zero-order valence-corrected chi connectivity index (χ0v) is 36.4. The molecule has 0 aromatic rings. The molecule has 0 bridgehead atoms. The minimum absolute atomic E-state index is 0.0762. The van der Waals surface area contributed by atoms with Gasteiger partial charge in [-0.1, -0.05) is 20.8 Å². The molecule has 5 aliphatic carbocycles. The van der Waals surface area contributed by atoms with Gasteiger partial charge in [0, 0.05) is 19.8 Å². The second-order valence-corrected chi connectivity index (χ2v) is 21.6. The molecule has 8 fully saturated rings. The first kappa shape index (κ1) is 45.0. The second-order valence-electron chi connectivity index (χ2n) is 21.6. The molecule has 8 aliphatic rings. The molecule has 60 heavy (non-hydrogen) atoms. The fraction of sp³-hybridized carbons (Fsp3) is 0.955. The average molecular weight is 855 g/mol. The van der Waals surface area contributed by atoms with E-state index in [2.05, 4.69) is 27.7 Å². The van der Waals surface area contributed by atoms with Crippen molar-refractivity contribution in [2.45, 2.75) is 204 Å². The molecule has 0 aromatic heterocycles. The van der Waals surface area contributed by atoms with Gasteiger partial charge in [-0.25, -0.2) is 0 Å². The SMILES string of the molecule is CC(=O)OC1C(O)COC(OC2CCC34CC35CCC3(C)C(CC(O)C3C3(C)CCC(C(C)(C)O)O3)C5CC(OC3OC(CO)C(O)C(O)C3O)C4C2(C)C)C1OC(C)=O. The zero-order valence-electron chi connectivity index (χ0n) is 36.4. The van der Waals surface area contributed by atoms with E-state index in [1.54, 1.807) is 13.8 Å². The Balaban J connectivity index is 1.13. The molecule has 0 aromatic carbocycles. The fourth-order valence-corrected chi connectivity index (χ4v) is 15.0. The highest BCUT2D eigenvalue weighted by Crippen LogP contribution is 2.87. The quantitative estimate of drug-likeness (QED) is 0.128. The molecular formula is C44H70O16. The largest absolute Gasteiger partial charge is 0.455 e. The molecule has 0 radical (unpaired) electrons. The van der Waals surface area contributed by atoms with Crippen LogP contribution in [-0.2, 0) is 42.7 Å². The van der Waals surface area contributed by atoms with Crippen LogP contribution >= 0.6 is 0 Å². The molecule has 3 aliphatic heterocycles. The molecule has 8 rings (SSSR count). The maximum absolute atomic E-state index is 12.3. The summed E-state index contributed by atoms with van der Waals surface area (Å²) < 4.78 is 43.5. The van der Waals surface area contributed by atoms with Gasteiger partial charge in [-0.3, -0.25) is 9.59 Å². The highest BCUT2D eigenvalue weighted by atomic mass is 16.7. The van der Waals surface area contributed by atoms with Gasteiger partial charge in [0.25, 0.3) is 0 Å². The Morgan fingerprint density at radius 3 is 2.07 bits per heavy atom. The predicted molar refractivity (Wildman–Crippen MR) is 208 cm³/mol. The summed E-state index contributed by atoms with van der Waals surface area (Å²) in [7, 11) is 0. The number of hydrogen-bond acceptors (Lipinski definition) is 16. The van der Waals surface area contributed by atoms with E-state index in [4.69, 9.17) is 33.2 Å². The minimum atomic E-state index is -1.63. The Kier molecular flexibility index (Phi) is 11.5. The van der Waals surface area contributed by atoms with E-state index in [0.717, 1.165) is 32.1 Å². The Hall–Kier alpha value is -1.54. The van der Waals surface area contributed by atoms with Gasteiger partial charge < -0.3 is 68.9 Å². The van der Waals surface area contributed by atoms with E-state index >= 15 is 0 Å². The van der Waals surface area contributed by atoms with Crippen LogP contribution in [0.4, 0.5) is 0 Å². The Morgan fingerprint density at radius 1 is 0.750 bits per heavy atom. The van der Waals surface area contributed by atoms with Gasteiger partial charge in [0.05, 0.1) is 48.8 Å². The third-order valence-corrected chi connectivity index (χ3v) is 17.4. The summed E-state index contributed by atoms with van der Waals surface area (Å²) >= 11 is 0. The summed E-state index contributed by atoms with van der Waals surface area (Å²) in [5.74, 6) is -1.46. The fourth-order valence-electron chi connectivity index (χ4n) is 15.0. The van der Waals surface area contributed by atoms with E-state index in [-0.39, 0.29) is 52.6 Å². The van der Waals surface area contributed by atoms with Gasteiger partial charge in [0.15, 0.2) is 24.8 Å². The standard InChI is InChI=1S/C44H70O16/c1-20(46)55-33-25(49)18-54-38(34(33)56-21(2)47)59-28-10-12-44-19-43(44)14-13-41(7)22(15-24(48)35(41)42(8)11-9-29(60-42)40(5,6)53)23(43)16-26(36(44)39(28,3)4)57-37-32(52)31(51)30(50)27(17-45)58-37/h22-38,45,48-53H,9-19H2,1-8H3. The highest BCUT2D eigenvalue weighted by molar-refractivity contribution is 5.67. The molecule has 3 heterocycles. The first-order valence-electron chi connectivity index (χ1n) is 22.3. The van der Waals surface area contributed by atoms with Crippen molar-refractivity contribution in [3.05, 3.63) is 0 Å². The molecule has 21 atom stereocenters. The summed E-state index contributed by atoms with van der Waals surface area (Å²) in [4.78, 5) is 24.4. The monoisotopic (exact) mass is 854 g/mol. The van der Waals surface area contributed by atoms with Crippen molar-refractivity contribution in [3.8, 4) is 0 Å². The summed E-state index contributed by atoms with van der Waals surface area (Å²) in [6.07, 6.45) is -7.53. The number of hydrogen-bond donors (Lipinski definition) is 7. The van der Waals surface area contributed by atoms with Crippen molar-refractivity contribution in [2.24, 2.45) is 45.3 Å². The molecule has 16 nitrogen and oxygen atoms in total. The maximum atomic E-state index is 12.3. The molecular weight excluding hydrogens is 784 g/mol. The van der Waals surface area contributed by atoms with E-state index in [0.29, 0.717) is 25.7 Å². The lowest BCUT2D eigenvalue weighted by atomic mass is 9.45. The van der Waals surface area contributed by atoms with Crippen molar-refractivity contribution < 1.29 is 78.5 Å². The van der Waals surface area contributed by atoms with Crippen LogP contribution in [0.3, 0.4) is 0 Å². The third-order valence-electron chi connectivity index (χ3n) is 17.4. The van der Waals surface area contributed by atoms with Crippen molar-refractivity contribution in [2.75, 3.05) is 13.2 Å². The molecule has 2 spiro atoms. The van der Waals surface area contributed by atoms with Gasteiger partial charge in [0.1, 0.15) is 30.5 Å². The number of aliphatic hydroxyl groups is 7. The Bertz CT molecular complexity index is 1630. The van der Waals surface area contributed by atoms with Crippen LogP contribution in [0.1, 0.15) is 113 Å². The van der Waals surface area contributed by atoms with Crippen LogP contribution in [0.15, 0.2) is 0 Å². The van der Waals surface area contributed by atoms with Gasteiger partial charge in [-0.05, 0) is 118 Å². The number of fused-ring (bicyclic) bond motifs is 2. The second kappa shape index (κ2) is 15.3. The van der Waals surface area contributed by atoms with E-state index < -0.39 is 109 Å². The lowest BCUT2D eigenvalue weighted by Gasteiger charge is -2.62. The topological polar surface area (TPSA) is 240 Å². The van der Waals surface area contributed by atoms with Gasteiger partial charge >= 0.3 is 11.9 Å². The van der Waals surface area contributed by atoms with E-state index in [1.807, 2.05) is 0 Å². The molecule has 7 N–H and O–H groups in total. The number of esters is 2. The van der Waals surface area contributed by atoms with Crippen molar-refractivity contribution in [1.82, 2.24) is 0 Å². The van der Waals surface area contributed by atoms with Crippen molar-refractivity contribution in [3.63, 3.8) is 0 Å². The number of carbonyl (C=O) groups is 2. The lowest BCUT2D eigenvalue weighted by molar-refractivity contribution is -0.337. The normalized spacial score (nSPS) is 53.3. The number of aliphatic hydroxyl groups excluding tert-OH is 6. The highest BCUT2D eigenvalue weighted by Gasteiger charge is 2.83. The zero-order chi connectivity index (χ0) is 43.7. The van der Waals surface area contributed by atoms with Gasteiger partial charge in [-0.15, -0.1) is 0 Å². The third kappa shape index (κ3) is 6.92. The molecule has 3 saturated heterocycles. The number of carbonyl (C=O) groups excluding carboxylic acids is 2. The first-order valence-corrected chi connectivity index (χ1v) is 22.3. The van der Waals surface area contributed by atoms with Crippen molar-refractivity contribution in [1.29, 1.82) is 0 Å². The number of ether oxygens (including phenoxy) is 7. The van der Waals surface area contributed by atoms with E-state index in [1.165, 1.54) is 13.8 Å². The van der Waals surface area contributed by atoms with Crippen LogP contribution < -0.4 is 0 Å². The van der Waals surface area contributed by atoms with Crippen LogP contribution in [0.2, 0.25) is 0 Å². The predicted octanol–water partition coefficient (Wildman–Crippen LogP) is 1.48. The van der Waals surface area contributed by atoms with Crippen molar-refractivity contribution >= 4 is 11.9 Å². The Morgan fingerprint density at radius 2 is 1.43 bits per heavy atom. The van der Waals surface area contributed by atoms with Crippen LogP contribution in [0.5, 0.6) is 0 Å². The molecule has 21 unspecified atom stereocenters. The van der Waals surface area contributed by atoms with Gasteiger partial charge in [-0.2, -0.15) is 0 Å². The summed E-state index contributed by atoms with van der Waals surface area (Å²) in [6.45, 7) is 13.8. The summed E-state index contributed by atoms with van der Waals surface area (Å²) in [5.41, 5.74) is -2.91. The number of rotatable bonds is 9. The molecule has 342 valence electrons. The van der Waals surface area contributed by atoms with E-state index in [9.17, 15) is 45.3 Å². The maximum Gasteiger partial charge on any atom is 0.303 e. The lowest BCUT2D eigenvalue weighted by Crippen LogP contribution is -2.64. The van der Waals surface area contributed by atoms with Crippen LogP contribution in [-0.4, -0.2) is 152 Å². The molecule has 16 heteroatoms. The first-order chi connectivity index (χ1) is 27.9. The van der Waals surface area contributed by atoms with Crippen LogP contribution in [0.25, 0.3) is 0 Å². The van der Waals surface area contributed by atoms with Crippen LogP contribution in [0, 0.1) is 45.3 Å². The van der Waals surface area contributed by atoms with Gasteiger partial charge in [0.2, 0.25) is 0 Å². The summed E-state index contributed by atoms with van der Waals surface area (Å²) in [5, 5.41) is 76.7. The minimum Gasteiger partial charge on any atom is -0.455 e. The smallest absolute Gasteiger partial charge is 0.303 e. The average Bonchev–Trinajstić information content (AvgIpc) is 3.46. The molecule has 5 saturated carbocycles. The summed E-state index contributed by atoms with van der Waals surface area (Å²) in [6, 6.07) is 0.